The number of allylic oxidation sites excluding steroid dienone is 1. The minimum atomic E-state index is -0.289. The first-order valence-corrected chi connectivity index (χ1v) is 11.6. The lowest BCUT2D eigenvalue weighted by Gasteiger charge is -2.35. The van der Waals surface area contributed by atoms with Gasteiger partial charge in [0, 0.05) is 68.9 Å². The van der Waals surface area contributed by atoms with Crippen LogP contribution in [0.15, 0.2) is 66.3 Å². The number of benzene rings is 2. The van der Waals surface area contributed by atoms with Crippen LogP contribution in [0, 0.1) is 0 Å². The Labute approximate surface area is 193 Å². The van der Waals surface area contributed by atoms with Gasteiger partial charge in [-0.3, -0.25) is 10.1 Å². The lowest BCUT2D eigenvalue weighted by molar-refractivity contribution is 0.620. The van der Waals surface area contributed by atoms with Gasteiger partial charge in [0.2, 0.25) is 0 Å². The van der Waals surface area contributed by atoms with Crippen LogP contribution in [-0.4, -0.2) is 43.4 Å². The summed E-state index contributed by atoms with van der Waals surface area (Å²) in [6.45, 7) is 0. The van der Waals surface area contributed by atoms with Crippen LogP contribution < -0.4 is 9.80 Å². The molecule has 0 aliphatic heterocycles. The topological polar surface area (TPSA) is 48.1 Å². The summed E-state index contributed by atoms with van der Waals surface area (Å²) in [5.41, 5.74) is 9.80. The maximum atomic E-state index is 4.66. The van der Waals surface area contributed by atoms with Crippen molar-refractivity contribution >= 4 is 28.8 Å². The number of hydrogen-bond donors (Lipinski definition) is 1. The minimum Gasteiger partial charge on any atom is -0.378 e. The zero-order valence-corrected chi connectivity index (χ0v) is 19.6. The van der Waals surface area contributed by atoms with E-state index in [4.69, 9.17) is 0 Å². The van der Waals surface area contributed by atoms with Crippen molar-refractivity contribution in [3.63, 3.8) is 0 Å². The molecule has 2 aromatic carbocycles. The second-order valence-electron chi connectivity index (χ2n) is 8.70. The predicted octanol–water partition coefficient (Wildman–Crippen LogP) is 5.22. The maximum Gasteiger partial charge on any atom is 0.111 e. The van der Waals surface area contributed by atoms with Crippen LogP contribution in [0.4, 0.5) is 11.4 Å². The lowest BCUT2D eigenvalue weighted by Crippen LogP contribution is -2.31. The van der Waals surface area contributed by atoms with E-state index >= 15 is 0 Å². The van der Waals surface area contributed by atoms with Gasteiger partial charge in [0.05, 0.1) is 10.4 Å². The quantitative estimate of drug-likeness (QED) is 0.461. The molecule has 162 valence electrons. The van der Waals surface area contributed by atoms with Crippen molar-refractivity contribution in [1.29, 1.82) is 0 Å². The summed E-state index contributed by atoms with van der Waals surface area (Å²) >= 11 is 1.62. The number of rotatable bonds is 5. The maximum absolute atomic E-state index is 4.66. The molecule has 4 aromatic rings. The van der Waals surface area contributed by atoms with E-state index in [0.29, 0.717) is 0 Å². The summed E-state index contributed by atoms with van der Waals surface area (Å²) < 4.78 is 0. The monoisotopic (exact) mass is 441 g/mol. The molecule has 0 bridgehead atoms. The second kappa shape index (κ2) is 7.95. The number of nitrogens with zero attached hydrogens (tertiary/aromatic N) is 4. The Balaban J connectivity index is 1.69. The molecule has 1 aliphatic rings. The highest BCUT2D eigenvalue weighted by molar-refractivity contribution is 7.13. The molecule has 1 N–H and O–H groups in total. The molecule has 5 nitrogen and oxygen atoms in total. The average Bonchev–Trinajstić information content (AvgIpc) is 3.48. The predicted molar refractivity (Wildman–Crippen MR) is 135 cm³/mol. The molecule has 1 aliphatic carbocycles. The van der Waals surface area contributed by atoms with Crippen molar-refractivity contribution in [2.24, 2.45) is 0 Å². The van der Waals surface area contributed by atoms with Crippen molar-refractivity contribution in [3.05, 3.63) is 88.7 Å². The summed E-state index contributed by atoms with van der Waals surface area (Å²) in [5, 5.41) is 8.00. The Hall–Kier alpha value is -3.38. The van der Waals surface area contributed by atoms with Gasteiger partial charge in [-0.2, -0.15) is 5.10 Å². The standard InChI is InChI=1S/C26H27N5S/c1-30(2)20-9-5-7-18(13-20)26(19-8-6-10-21(14-19)31(3)4)12-11-22-23(15-26)28-29-25(22)24-16-27-17-32-24/h5-14,16-17H,15H2,1-4H3,(H,28,29). The van der Waals surface area contributed by atoms with Crippen LogP contribution in [-0.2, 0) is 11.8 Å². The zero-order chi connectivity index (χ0) is 22.3. The van der Waals surface area contributed by atoms with Crippen LogP contribution in [0.25, 0.3) is 16.6 Å². The molecule has 0 radical (unpaired) electrons. The molecule has 6 heteroatoms. The number of hydrogen-bond acceptors (Lipinski definition) is 5. The van der Waals surface area contributed by atoms with Gasteiger partial charge in [-0.25, -0.2) is 0 Å². The third-order valence-electron chi connectivity index (χ3n) is 6.29. The second-order valence-corrected chi connectivity index (χ2v) is 9.59. The fraction of sp³-hybridized carbons (Fsp3) is 0.231. The van der Waals surface area contributed by atoms with Crippen LogP contribution in [0.1, 0.15) is 22.4 Å². The smallest absolute Gasteiger partial charge is 0.111 e. The van der Waals surface area contributed by atoms with E-state index in [1.54, 1.807) is 11.3 Å². The summed E-state index contributed by atoms with van der Waals surface area (Å²) in [6, 6.07) is 17.7. The molecule has 32 heavy (non-hydrogen) atoms. The number of H-pyrrole nitrogens is 1. The van der Waals surface area contributed by atoms with Gasteiger partial charge in [-0.05, 0) is 35.4 Å². The SMILES string of the molecule is CN(C)c1cccc(C2(c3cccc(N(C)C)c3)C=Cc3c(-c4cncs4)n[nH]c3C2)c1. The summed E-state index contributed by atoms with van der Waals surface area (Å²) in [6.07, 6.45) is 7.30. The Morgan fingerprint density at radius 2 is 1.59 bits per heavy atom. The molecule has 0 amide bonds. The lowest BCUT2D eigenvalue weighted by atomic mass is 9.68. The van der Waals surface area contributed by atoms with E-state index < -0.39 is 0 Å². The highest BCUT2D eigenvalue weighted by Gasteiger charge is 2.37. The molecule has 0 spiro atoms. The average molecular weight is 442 g/mol. The summed E-state index contributed by atoms with van der Waals surface area (Å²) in [4.78, 5) is 9.63. The number of anilines is 2. The van der Waals surface area contributed by atoms with Crippen molar-refractivity contribution in [1.82, 2.24) is 15.2 Å². The van der Waals surface area contributed by atoms with Crippen molar-refractivity contribution < 1.29 is 0 Å². The van der Waals surface area contributed by atoms with Crippen molar-refractivity contribution in [2.75, 3.05) is 38.0 Å². The molecular weight excluding hydrogens is 414 g/mol. The van der Waals surface area contributed by atoms with E-state index in [-0.39, 0.29) is 5.41 Å². The molecule has 0 saturated carbocycles. The third kappa shape index (κ3) is 3.41. The number of thiazole rings is 1. The van der Waals surface area contributed by atoms with E-state index in [2.05, 4.69) is 114 Å². The normalized spacial score (nSPS) is 14.2. The largest absolute Gasteiger partial charge is 0.378 e. The van der Waals surface area contributed by atoms with Crippen LogP contribution >= 0.6 is 11.3 Å². The van der Waals surface area contributed by atoms with Crippen LogP contribution in [0.2, 0.25) is 0 Å². The number of aromatic amines is 1. The highest BCUT2D eigenvalue weighted by Crippen LogP contribution is 2.44. The van der Waals surface area contributed by atoms with Gasteiger partial charge in [-0.1, -0.05) is 36.4 Å². The first-order chi connectivity index (χ1) is 15.5. The molecule has 5 rings (SSSR count). The molecule has 0 atom stereocenters. The first-order valence-electron chi connectivity index (χ1n) is 10.7. The fourth-order valence-corrected chi connectivity index (χ4v) is 5.10. The third-order valence-corrected chi connectivity index (χ3v) is 7.07. The number of nitrogens with one attached hydrogen (secondary N) is 1. The number of fused-ring (bicyclic) bond motifs is 1. The van der Waals surface area contributed by atoms with Crippen LogP contribution in [0.3, 0.4) is 0 Å². The zero-order valence-electron chi connectivity index (χ0n) is 18.8. The van der Waals surface area contributed by atoms with Gasteiger partial charge in [0.25, 0.3) is 0 Å². The molecule has 2 aromatic heterocycles. The Morgan fingerprint density at radius 1 is 0.938 bits per heavy atom. The van der Waals surface area contributed by atoms with Gasteiger partial charge >= 0.3 is 0 Å². The van der Waals surface area contributed by atoms with E-state index in [1.807, 2.05) is 11.7 Å². The van der Waals surface area contributed by atoms with Gasteiger partial charge in [0.1, 0.15) is 5.69 Å². The first kappa shape index (κ1) is 20.5. The summed E-state index contributed by atoms with van der Waals surface area (Å²) in [5.74, 6) is 0. The minimum absolute atomic E-state index is 0.289. The fourth-order valence-electron chi connectivity index (χ4n) is 4.47. The van der Waals surface area contributed by atoms with Crippen molar-refractivity contribution in [2.45, 2.75) is 11.8 Å². The number of aromatic nitrogens is 3. The molecule has 2 heterocycles. The molecule has 0 fully saturated rings. The molecule has 0 unspecified atom stereocenters. The van der Waals surface area contributed by atoms with Gasteiger partial charge < -0.3 is 9.80 Å². The van der Waals surface area contributed by atoms with E-state index in [1.165, 1.54) is 22.5 Å². The van der Waals surface area contributed by atoms with Gasteiger partial charge in [0.15, 0.2) is 0 Å². The Morgan fingerprint density at radius 3 is 2.16 bits per heavy atom. The van der Waals surface area contributed by atoms with Crippen LogP contribution in [0.5, 0.6) is 0 Å². The van der Waals surface area contributed by atoms with Crippen molar-refractivity contribution in [3.8, 4) is 10.6 Å². The molecule has 0 saturated heterocycles. The van der Waals surface area contributed by atoms with E-state index in [9.17, 15) is 0 Å². The molecular formula is C26H27N5S. The highest BCUT2D eigenvalue weighted by atomic mass is 32.1. The Bertz CT molecular complexity index is 1220. The van der Waals surface area contributed by atoms with Gasteiger partial charge in [-0.15, -0.1) is 11.3 Å². The van der Waals surface area contributed by atoms with E-state index in [0.717, 1.165) is 28.2 Å². The Kier molecular flexibility index (Phi) is 5.10. The summed E-state index contributed by atoms with van der Waals surface area (Å²) in [7, 11) is 8.35.